The van der Waals surface area contributed by atoms with Crippen LogP contribution in [-0.2, 0) is 0 Å². The summed E-state index contributed by atoms with van der Waals surface area (Å²) in [6.45, 7) is 3.24. The molecule has 112 valence electrons. The molecule has 0 radical (unpaired) electrons. The second kappa shape index (κ2) is 7.33. The van der Waals surface area contributed by atoms with Crippen molar-refractivity contribution >= 4 is 17.2 Å². The number of nitrogens with two attached hydrogens (primary N) is 1. The van der Waals surface area contributed by atoms with Crippen LogP contribution in [0.3, 0.4) is 0 Å². The molecule has 0 bridgehead atoms. The lowest BCUT2D eigenvalue weighted by Gasteiger charge is -2.02. The molecule has 1 aromatic heterocycles. The summed E-state index contributed by atoms with van der Waals surface area (Å²) in [5.41, 5.74) is 7.38. The van der Waals surface area contributed by atoms with Crippen molar-refractivity contribution in [1.29, 1.82) is 0 Å². The van der Waals surface area contributed by atoms with Crippen LogP contribution in [0.1, 0.15) is 28.1 Å². The summed E-state index contributed by atoms with van der Waals surface area (Å²) in [5.74, 6) is -0.320. The van der Waals surface area contributed by atoms with Gasteiger partial charge < -0.3 is 11.1 Å². The minimum Gasteiger partial charge on any atom is -0.351 e. The van der Waals surface area contributed by atoms with Crippen molar-refractivity contribution in [2.24, 2.45) is 5.73 Å². The summed E-state index contributed by atoms with van der Waals surface area (Å²) in [4.78, 5) is 13.7. The summed E-state index contributed by atoms with van der Waals surface area (Å²) < 4.78 is 13.0. The van der Waals surface area contributed by atoms with Gasteiger partial charge in [-0.25, -0.2) is 4.39 Å². The van der Waals surface area contributed by atoms with E-state index >= 15 is 0 Å². The van der Waals surface area contributed by atoms with E-state index in [1.54, 1.807) is 12.1 Å². The van der Waals surface area contributed by atoms with Gasteiger partial charge in [-0.05, 0) is 55.6 Å². The molecule has 3 N–H and O–H groups in total. The highest BCUT2D eigenvalue weighted by Crippen LogP contribution is 2.32. The van der Waals surface area contributed by atoms with E-state index in [2.05, 4.69) is 5.32 Å². The number of unbranched alkanes of at least 4 members (excludes halogenated alkanes) is 1. The molecule has 0 aliphatic carbocycles. The number of nitrogens with one attached hydrogen (secondary N) is 1. The Bertz CT molecular complexity index is 607. The summed E-state index contributed by atoms with van der Waals surface area (Å²) in [5, 5.41) is 2.89. The van der Waals surface area contributed by atoms with Gasteiger partial charge in [0.2, 0.25) is 0 Å². The van der Waals surface area contributed by atoms with Gasteiger partial charge in [0.15, 0.2) is 0 Å². The van der Waals surface area contributed by atoms with Gasteiger partial charge in [0.1, 0.15) is 5.82 Å². The van der Waals surface area contributed by atoms with Gasteiger partial charge in [0.05, 0.1) is 4.88 Å². The van der Waals surface area contributed by atoms with E-state index in [9.17, 15) is 9.18 Å². The monoisotopic (exact) mass is 306 g/mol. The van der Waals surface area contributed by atoms with Crippen LogP contribution in [0, 0.1) is 12.7 Å². The number of aryl methyl sites for hydroxylation is 1. The predicted octanol–water partition coefficient (Wildman–Crippen LogP) is 3.33. The molecule has 0 saturated carbocycles. The van der Waals surface area contributed by atoms with Crippen molar-refractivity contribution < 1.29 is 9.18 Å². The van der Waals surface area contributed by atoms with Gasteiger partial charge in [-0.15, -0.1) is 11.3 Å². The lowest BCUT2D eigenvalue weighted by Crippen LogP contribution is -2.23. The van der Waals surface area contributed by atoms with E-state index in [1.807, 2.05) is 13.0 Å². The van der Waals surface area contributed by atoms with Crippen LogP contribution in [0.15, 0.2) is 30.3 Å². The van der Waals surface area contributed by atoms with Gasteiger partial charge in [-0.2, -0.15) is 0 Å². The molecule has 0 aliphatic rings. The standard InChI is InChI=1S/C16H19FN2OS/c1-11-10-14(16(20)19-9-3-2-8-18)21-15(11)12-4-6-13(17)7-5-12/h4-7,10H,2-3,8-9,18H2,1H3,(H,19,20). The fourth-order valence-corrected chi connectivity index (χ4v) is 3.13. The zero-order valence-corrected chi connectivity index (χ0v) is 12.8. The quantitative estimate of drug-likeness (QED) is 0.804. The highest BCUT2D eigenvalue weighted by atomic mass is 32.1. The molecule has 0 fully saturated rings. The predicted molar refractivity (Wildman–Crippen MR) is 85.1 cm³/mol. The van der Waals surface area contributed by atoms with Crippen LogP contribution in [-0.4, -0.2) is 19.0 Å². The molecule has 2 aromatic rings. The van der Waals surface area contributed by atoms with Crippen molar-refractivity contribution in [1.82, 2.24) is 5.32 Å². The maximum atomic E-state index is 13.0. The Labute approximate surface area is 128 Å². The Kier molecular flexibility index (Phi) is 5.47. The summed E-state index contributed by atoms with van der Waals surface area (Å²) in [6.07, 6.45) is 1.79. The molecule has 1 aromatic carbocycles. The molecule has 1 heterocycles. The second-order valence-corrected chi connectivity index (χ2v) is 5.93. The Balaban J connectivity index is 2.08. The summed E-state index contributed by atoms with van der Waals surface area (Å²) >= 11 is 1.43. The minimum atomic E-state index is -0.258. The molecule has 0 unspecified atom stereocenters. The average molecular weight is 306 g/mol. The smallest absolute Gasteiger partial charge is 0.261 e. The number of carbonyl (C=O) groups is 1. The molecule has 1 amide bonds. The van der Waals surface area contributed by atoms with Gasteiger partial charge in [0, 0.05) is 11.4 Å². The molecule has 0 aliphatic heterocycles. The zero-order valence-electron chi connectivity index (χ0n) is 12.0. The first-order chi connectivity index (χ1) is 10.1. The fourth-order valence-electron chi connectivity index (χ4n) is 2.04. The number of carbonyl (C=O) groups excluding carboxylic acids is 1. The second-order valence-electron chi connectivity index (χ2n) is 4.88. The third-order valence-corrected chi connectivity index (χ3v) is 4.45. The lowest BCUT2D eigenvalue weighted by molar-refractivity contribution is 0.0957. The number of thiophene rings is 1. The maximum absolute atomic E-state index is 13.0. The molecule has 2 rings (SSSR count). The SMILES string of the molecule is Cc1cc(C(=O)NCCCCN)sc1-c1ccc(F)cc1. The van der Waals surface area contributed by atoms with E-state index in [4.69, 9.17) is 5.73 Å². The molecular weight excluding hydrogens is 287 g/mol. The third kappa shape index (κ3) is 4.12. The van der Waals surface area contributed by atoms with Crippen molar-refractivity contribution in [3.8, 4) is 10.4 Å². The Hall–Kier alpha value is -1.72. The van der Waals surface area contributed by atoms with Crippen molar-refractivity contribution in [3.63, 3.8) is 0 Å². The number of hydrogen-bond acceptors (Lipinski definition) is 3. The Morgan fingerprint density at radius 1 is 1.29 bits per heavy atom. The van der Waals surface area contributed by atoms with Gasteiger partial charge >= 0.3 is 0 Å². The van der Waals surface area contributed by atoms with E-state index in [0.29, 0.717) is 18.0 Å². The van der Waals surface area contributed by atoms with Crippen LogP contribution in [0.4, 0.5) is 4.39 Å². The van der Waals surface area contributed by atoms with Crippen LogP contribution in [0.25, 0.3) is 10.4 Å². The third-order valence-electron chi connectivity index (χ3n) is 3.16. The van der Waals surface area contributed by atoms with Crippen LogP contribution < -0.4 is 11.1 Å². The minimum absolute atomic E-state index is 0.0616. The highest BCUT2D eigenvalue weighted by molar-refractivity contribution is 7.17. The highest BCUT2D eigenvalue weighted by Gasteiger charge is 2.13. The van der Waals surface area contributed by atoms with Crippen LogP contribution >= 0.6 is 11.3 Å². The van der Waals surface area contributed by atoms with Gasteiger partial charge in [-0.1, -0.05) is 12.1 Å². The first-order valence-electron chi connectivity index (χ1n) is 6.96. The summed E-state index contributed by atoms with van der Waals surface area (Å²) in [7, 11) is 0. The molecule has 3 nitrogen and oxygen atoms in total. The molecule has 0 saturated heterocycles. The number of hydrogen-bond donors (Lipinski definition) is 2. The van der Waals surface area contributed by atoms with Crippen LogP contribution in [0.5, 0.6) is 0 Å². The van der Waals surface area contributed by atoms with Crippen molar-refractivity contribution in [3.05, 3.63) is 46.6 Å². The first kappa shape index (κ1) is 15.7. The maximum Gasteiger partial charge on any atom is 0.261 e. The zero-order chi connectivity index (χ0) is 15.2. The first-order valence-corrected chi connectivity index (χ1v) is 7.78. The van der Waals surface area contributed by atoms with Gasteiger partial charge in [0.25, 0.3) is 5.91 Å². The fraction of sp³-hybridized carbons (Fsp3) is 0.312. The van der Waals surface area contributed by atoms with E-state index in [1.165, 1.54) is 23.5 Å². The number of amides is 1. The van der Waals surface area contributed by atoms with E-state index in [-0.39, 0.29) is 11.7 Å². The van der Waals surface area contributed by atoms with Crippen molar-refractivity contribution in [2.45, 2.75) is 19.8 Å². The van der Waals surface area contributed by atoms with Gasteiger partial charge in [-0.3, -0.25) is 4.79 Å². The Morgan fingerprint density at radius 2 is 2.00 bits per heavy atom. The van der Waals surface area contributed by atoms with E-state index in [0.717, 1.165) is 28.8 Å². The number of benzene rings is 1. The molecular formula is C16H19FN2OS. The van der Waals surface area contributed by atoms with E-state index < -0.39 is 0 Å². The van der Waals surface area contributed by atoms with Crippen molar-refractivity contribution in [2.75, 3.05) is 13.1 Å². The molecule has 21 heavy (non-hydrogen) atoms. The summed E-state index contributed by atoms with van der Waals surface area (Å²) in [6, 6.07) is 8.21. The average Bonchev–Trinajstić information content (AvgIpc) is 2.86. The molecule has 0 spiro atoms. The number of halogens is 1. The lowest BCUT2D eigenvalue weighted by atomic mass is 10.1. The molecule has 5 heteroatoms. The molecule has 0 atom stereocenters. The normalized spacial score (nSPS) is 10.6. The largest absolute Gasteiger partial charge is 0.351 e. The van der Waals surface area contributed by atoms with Crippen LogP contribution in [0.2, 0.25) is 0 Å². The Morgan fingerprint density at radius 3 is 2.67 bits per heavy atom. The topological polar surface area (TPSA) is 55.1 Å². The number of rotatable bonds is 6.